The number of benzene rings is 1. The van der Waals surface area contributed by atoms with E-state index >= 15 is 0 Å². The SMILES string of the molecule is CC(C)(C)[C@@H](N)C(=O)Nc1ccccc1CC(N)=O. The van der Waals surface area contributed by atoms with E-state index in [0.29, 0.717) is 11.3 Å². The molecule has 1 rings (SSSR count). The molecule has 5 N–H and O–H groups in total. The van der Waals surface area contributed by atoms with E-state index in [4.69, 9.17) is 11.5 Å². The second-order valence-corrected chi connectivity index (χ2v) is 5.63. The lowest BCUT2D eigenvalue weighted by molar-refractivity contribution is -0.119. The molecule has 0 unspecified atom stereocenters. The van der Waals surface area contributed by atoms with E-state index in [-0.39, 0.29) is 17.7 Å². The minimum atomic E-state index is -0.630. The van der Waals surface area contributed by atoms with Gasteiger partial charge in [0, 0.05) is 5.69 Å². The Morgan fingerprint density at radius 1 is 1.26 bits per heavy atom. The summed E-state index contributed by atoms with van der Waals surface area (Å²) in [4.78, 5) is 23.0. The van der Waals surface area contributed by atoms with Crippen LogP contribution in [0.15, 0.2) is 24.3 Å². The molecule has 0 bridgehead atoms. The molecule has 0 spiro atoms. The van der Waals surface area contributed by atoms with Crippen LogP contribution < -0.4 is 16.8 Å². The summed E-state index contributed by atoms with van der Waals surface area (Å²) in [6.45, 7) is 5.69. The van der Waals surface area contributed by atoms with Crippen LogP contribution in [0.2, 0.25) is 0 Å². The van der Waals surface area contributed by atoms with Gasteiger partial charge in [0.2, 0.25) is 11.8 Å². The van der Waals surface area contributed by atoms with E-state index in [0.717, 1.165) is 0 Å². The smallest absolute Gasteiger partial charge is 0.241 e. The summed E-state index contributed by atoms with van der Waals surface area (Å²) in [5.74, 6) is -0.716. The lowest BCUT2D eigenvalue weighted by Crippen LogP contribution is -2.45. The third-order valence-corrected chi connectivity index (χ3v) is 2.86. The van der Waals surface area contributed by atoms with Gasteiger partial charge in [0.05, 0.1) is 12.5 Å². The van der Waals surface area contributed by atoms with Crippen LogP contribution in [0.4, 0.5) is 5.69 Å². The molecule has 5 nitrogen and oxygen atoms in total. The van der Waals surface area contributed by atoms with Crippen LogP contribution in [0, 0.1) is 5.41 Å². The number of para-hydroxylation sites is 1. The van der Waals surface area contributed by atoms with Crippen LogP contribution in [0.1, 0.15) is 26.3 Å². The summed E-state index contributed by atoms with van der Waals surface area (Å²) >= 11 is 0. The Balaban J connectivity index is 2.88. The third-order valence-electron chi connectivity index (χ3n) is 2.86. The van der Waals surface area contributed by atoms with E-state index in [1.165, 1.54) is 0 Å². The molecular weight excluding hydrogens is 242 g/mol. The van der Waals surface area contributed by atoms with Crippen molar-refractivity contribution in [3.63, 3.8) is 0 Å². The topological polar surface area (TPSA) is 98.2 Å². The Morgan fingerprint density at radius 2 is 1.84 bits per heavy atom. The van der Waals surface area contributed by atoms with E-state index in [9.17, 15) is 9.59 Å². The summed E-state index contributed by atoms with van der Waals surface area (Å²) < 4.78 is 0. The number of rotatable bonds is 4. The maximum absolute atomic E-state index is 12.0. The van der Waals surface area contributed by atoms with Crippen molar-refractivity contribution in [1.29, 1.82) is 0 Å². The number of nitrogens with one attached hydrogen (secondary N) is 1. The molecule has 0 aliphatic carbocycles. The van der Waals surface area contributed by atoms with Crippen molar-refractivity contribution in [3.05, 3.63) is 29.8 Å². The van der Waals surface area contributed by atoms with Gasteiger partial charge >= 0.3 is 0 Å². The first-order chi connectivity index (χ1) is 8.71. The molecule has 0 aliphatic heterocycles. The van der Waals surface area contributed by atoms with Gasteiger partial charge in [-0.15, -0.1) is 0 Å². The maximum atomic E-state index is 12.0. The van der Waals surface area contributed by atoms with Gasteiger partial charge < -0.3 is 16.8 Å². The number of nitrogens with two attached hydrogens (primary N) is 2. The van der Waals surface area contributed by atoms with E-state index < -0.39 is 11.9 Å². The van der Waals surface area contributed by atoms with Gasteiger partial charge in [0.1, 0.15) is 0 Å². The second-order valence-electron chi connectivity index (χ2n) is 5.63. The fourth-order valence-corrected chi connectivity index (χ4v) is 1.59. The van der Waals surface area contributed by atoms with Crippen LogP contribution in [0.25, 0.3) is 0 Å². The Labute approximate surface area is 113 Å². The van der Waals surface area contributed by atoms with Crippen molar-refractivity contribution in [1.82, 2.24) is 0 Å². The summed E-state index contributed by atoms with van der Waals surface area (Å²) in [5, 5.41) is 2.75. The Hall–Kier alpha value is -1.88. The van der Waals surface area contributed by atoms with E-state index in [1.807, 2.05) is 20.8 Å². The Kier molecular flexibility index (Phi) is 4.67. The first-order valence-electron chi connectivity index (χ1n) is 6.14. The van der Waals surface area contributed by atoms with Gasteiger partial charge in [-0.25, -0.2) is 0 Å². The summed E-state index contributed by atoms with van der Waals surface area (Å²) in [5.41, 5.74) is 12.0. The minimum absolute atomic E-state index is 0.0845. The van der Waals surface area contributed by atoms with E-state index in [1.54, 1.807) is 24.3 Å². The lowest BCUT2D eigenvalue weighted by Gasteiger charge is -2.26. The number of primary amides is 1. The zero-order valence-electron chi connectivity index (χ0n) is 11.6. The molecule has 0 heterocycles. The zero-order chi connectivity index (χ0) is 14.6. The Bertz CT molecular complexity index is 478. The van der Waals surface area contributed by atoms with E-state index in [2.05, 4.69) is 5.32 Å². The molecule has 1 atom stereocenters. The standard InChI is InChI=1S/C14H21N3O2/c1-14(2,3)12(16)13(19)17-10-7-5-4-6-9(10)8-11(15)18/h4-7,12H,8,16H2,1-3H3,(H2,15,18)(H,17,19)/t12-/m0/s1. The van der Waals surface area contributed by atoms with Crippen LogP contribution in [0.5, 0.6) is 0 Å². The Morgan fingerprint density at radius 3 is 2.37 bits per heavy atom. The van der Waals surface area contributed by atoms with Gasteiger partial charge in [-0.3, -0.25) is 9.59 Å². The molecule has 0 aliphatic rings. The molecule has 1 aromatic rings. The summed E-state index contributed by atoms with van der Waals surface area (Å²) in [7, 11) is 0. The van der Waals surface area contributed by atoms with Crippen molar-refractivity contribution in [2.75, 3.05) is 5.32 Å². The first-order valence-corrected chi connectivity index (χ1v) is 6.14. The van der Waals surface area contributed by atoms with Crippen LogP contribution in [-0.2, 0) is 16.0 Å². The average Bonchev–Trinajstić information content (AvgIpc) is 2.28. The molecule has 1 aromatic carbocycles. The van der Waals surface area contributed by atoms with Crippen molar-refractivity contribution in [2.24, 2.45) is 16.9 Å². The van der Waals surface area contributed by atoms with Gasteiger partial charge in [0.15, 0.2) is 0 Å². The number of carbonyl (C=O) groups is 2. The largest absolute Gasteiger partial charge is 0.369 e. The molecule has 0 saturated heterocycles. The average molecular weight is 263 g/mol. The molecule has 19 heavy (non-hydrogen) atoms. The second kappa shape index (κ2) is 5.84. The highest BCUT2D eigenvalue weighted by atomic mass is 16.2. The number of carbonyl (C=O) groups excluding carboxylic acids is 2. The molecule has 0 fully saturated rings. The summed E-state index contributed by atoms with van der Waals surface area (Å²) in [6.07, 6.45) is 0.0845. The predicted octanol–water partition coefficient (Wildman–Crippen LogP) is 1.03. The maximum Gasteiger partial charge on any atom is 0.241 e. The predicted molar refractivity (Wildman–Crippen MR) is 75.4 cm³/mol. The van der Waals surface area contributed by atoms with Crippen LogP contribution in [0.3, 0.4) is 0 Å². The third kappa shape index (κ3) is 4.37. The van der Waals surface area contributed by atoms with Gasteiger partial charge in [-0.05, 0) is 17.0 Å². The van der Waals surface area contributed by atoms with Crippen molar-refractivity contribution in [2.45, 2.75) is 33.2 Å². The highest BCUT2D eigenvalue weighted by Crippen LogP contribution is 2.20. The van der Waals surface area contributed by atoms with Crippen molar-refractivity contribution in [3.8, 4) is 0 Å². The van der Waals surface area contributed by atoms with Crippen molar-refractivity contribution >= 4 is 17.5 Å². The van der Waals surface area contributed by atoms with Crippen LogP contribution in [-0.4, -0.2) is 17.9 Å². The number of hydrogen-bond donors (Lipinski definition) is 3. The lowest BCUT2D eigenvalue weighted by atomic mass is 9.87. The molecule has 0 aromatic heterocycles. The zero-order valence-corrected chi connectivity index (χ0v) is 11.6. The molecule has 5 heteroatoms. The number of amides is 2. The summed E-state index contributed by atoms with van der Waals surface area (Å²) in [6, 6.07) is 6.42. The van der Waals surface area contributed by atoms with Gasteiger partial charge in [0.25, 0.3) is 0 Å². The highest BCUT2D eigenvalue weighted by molar-refractivity contribution is 5.96. The first kappa shape index (κ1) is 15.2. The fourth-order valence-electron chi connectivity index (χ4n) is 1.59. The monoisotopic (exact) mass is 263 g/mol. The van der Waals surface area contributed by atoms with Crippen molar-refractivity contribution < 1.29 is 9.59 Å². The van der Waals surface area contributed by atoms with Gasteiger partial charge in [-0.2, -0.15) is 0 Å². The van der Waals surface area contributed by atoms with Gasteiger partial charge in [-0.1, -0.05) is 39.0 Å². The highest BCUT2D eigenvalue weighted by Gasteiger charge is 2.27. The normalized spacial score (nSPS) is 12.8. The molecule has 2 amide bonds. The minimum Gasteiger partial charge on any atom is -0.369 e. The molecule has 104 valence electrons. The quantitative estimate of drug-likeness (QED) is 0.756. The number of hydrogen-bond acceptors (Lipinski definition) is 3. The number of anilines is 1. The molecule has 0 saturated carbocycles. The molecular formula is C14H21N3O2. The fraction of sp³-hybridized carbons (Fsp3) is 0.429. The molecule has 0 radical (unpaired) electrons. The van der Waals surface area contributed by atoms with Crippen LogP contribution >= 0.6 is 0 Å².